The van der Waals surface area contributed by atoms with Gasteiger partial charge in [-0.1, -0.05) is 6.92 Å². The van der Waals surface area contributed by atoms with Crippen molar-refractivity contribution in [2.45, 2.75) is 45.8 Å². The fourth-order valence-electron chi connectivity index (χ4n) is 3.64. The number of fused-ring (bicyclic) bond motifs is 1. The number of nitrogens with zero attached hydrogens (tertiary/aromatic N) is 3. The first-order valence-electron chi connectivity index (χ1n) is 9.18. The highest BCUT2D eigenvalue weighted by atomic mass is 16.3. The first kappa shape index (κ1) is 16.9. The molecule has 1 aliphatic heterocycles. The van der Waals surface area contributed by atoms with Gasteiger partial charge in [-0.3, -0.25) is 9.59 Å². The van der Waals surface area contributed by atoms with Crippen LogP contribution in [0.1, 0.15) is 43.6 Å². The molecule has 138 valence electrons. The van der Waals surface area contributed by atoms with E-state index in [1.165, 1.54) is 0 Å². The van der Waals surface area contributed by atoms with Crippen molar-refractivity contribution in [3.63, 3.8) is 0 Å². The predicted octanol–water partition coefficient (Wildman–Crippen LogP) is 1.89. The Morgan fingerprint density at radius 1 is 1.35 bits per heavy atom. The molecule has 0 aromatic carbocycles. The monoisotopic (exact) mass is 356 g/mol. The Morgan fingerprint density at radius 2 is 2.15 bits per heavy atom. The van der Waals surface area contributed by atoms with Gasteiger partial charge in [-0.05, 0) is 31.4 Å². The topological polar surface area (TPSA) is 80.4 Å². The van der Waals surface area contributed by atoms with Gasteiger partial charge >= 0.3 is 0 Å². The van der Waals surface area contributed by atoms with Gasteiger partial charge in [0, 0.05) is 25.2 Å². The van der Waals surface area contributed by atoms with Gasteiger partial charge in [-0.25, -0.2) is 4.98 Å². The molecule has 7 heteroatoms. The molecule has 1 saturated carbocycles. The van der Waals surface area contributed by atoms with Gasteiger partial charge in [-0.2, -0.15) is 0 Å². The van der Waals surface area contributed by atoms with Crippen LogP contribution in [0.5, 0.6) is 0 Å². The van der Waals surface area contributed by atoms with Crippen LogP contribution in [0, 0.1) is 11.8 Å². The highest BCUT2D eigenvalue weighted by Gasteiger charge is 2.43. The normalized spacial score (nSPS) is 24.2. The molecule has 0 bridgehead atoms. The Bertz CT molecular complexity index is 811. The maximum absolute atomic E-state index is 12.6. The standard InChI is InChI=1S/C19H24N4O3/c1-12-8-16(12)19(25)23-6-5-22-11-14(21-18(22)13(23)2)9-17(24)20-10-15-4-3-7-26-15/h3-4,7,11-13,16H,5-6,8-10H2,1-2H3,(H,20,24)/t12-,13-,16+/m1/s1. The third-order valence-electron chi connectivity index (χ3n) is 5.37. The van der Waals surface area contributed by atoms with E-state index in [4.69, 9.17) is 4.42 Å². The van der Waals surface area contributed by atoms with E-state index in [1.54, 1.807) is 12.3 Å². The Balaban J connectivity index is 1.38. The minimum atomic E-state index is -0.0933. The number of rotatable bonds is 5. The van der Waals surface area contributed by atoms with Crippen molar-refractivity contribution in [3.05, 3.63) is 41.9 Å². The molecule has 0 spiro atoms. The average Bonchev–Trinajstić information content (AvgIpc) is 3.03. The molecule has 1 aliphatic carbocycles. The molecule has 2 aromatic rings. The summed E-state index contributed by atoms with van der Waals surface area (Å²) < 4.78 is 7.28. The quantitative estimate of drug-likeness (QED) is 0.887. The van der Waals surface area contributed by atoms with Crippen LogP contribution >= 0.6 is 0 Å². The van der Waals surface area contributed by atoms with Crippen LogP contribution in [0.15, 0.2) is 29.0 Å². The van der Waals surface area contributed by atoms with Crippen LogP contribution in [0.2, 0.25) is 0 Å². The van der Waals surface area contributed by atoms with Gasteiger partial charge in [-0.15, -0.1) is 0 Å². The largest absolute Gasteiger partial charge is 0.467 e. The van der Waals surface area contributed by atoms with E-state index < -0.39 is 0 Å². The van der Waals surface area contributed by atoms with Crippen LogP contribution in [0.25, 0.3) is 0 Å². The summed E-state index contributed by atoms with van der Waals surface area (Å²) in [5, 5.41) is 2.83. The minimum absolute atomic E-state index is 0.0519. The lowest BCUT2D eigenvalue weighted by Gasteiger charge is -2.34. The summed E-state index contributed by atoms with van der Waals surface area (Å²) in [5.41, 5.74) is 0.734. The molecule has 2 amide bonds. The zero-order chi connectivity index (χ0) is 18.3. The average molecular weight is 356 g/mol. The molecule has 3 heterocycles. The van der Waals surface area contributed by atoms with Crippen molar-refractivity contribution in [1.29, 1.82) is 0 Å². The summed E-state index contributed by atoms with van der Waals surface area (Å²) >= 11 is 0. The number of hydrogen-bond donors (Lipinski definition) is 1. The van der Waals surface area contributed by atoms with Crippen LogP contribution < -0.4 is 5.32 Å². The van der Waals surface area contributed by atoms with Gasteiger partial charge in [0.25, 0.3) is 0 Å². The van der Waals surface area contributed by atoms with Crippen molar-refractivity contribution in [1.82, 2.24) is 19.8 Å². The van der Waals surface area contributed by atoms with E-state index >= 15 is 0 Å². The molecule has 7 nitrogen and oxygen atoms in total. The molecule has 2 aromatic heterocycles. The number of nitrogens with one attached hydrogen (secondary N) is 1. The molecule has 0 unspecified atom stereocenters. The van der Waals surface area contributed by atoms with Gasteiger partial charge in [0.15, 0.2) is 0 Å². The molecule has 0 radical (unpaired) electrons. The smallest absolute Gasteiger partial charge is 0.226 e. The van der Waals surface area contributed by atoms with Crippen molar-refractivity contribution in [3.8, 4) is 0 Å². The maximum atomic E-state index is 12.6. The fraction of sp³-hybridized carbons (Fsp3) is 0.526. The second kappa shape index (κ2) is 6.63. The Morgan fingerprint density at radius 3 is 2.85 bits per heavy atom. The summed E-state index contributed by atoms with van der Waals surface area (Å²) in [7, 11) is 0. The van der Waals surface area contributed by atoms with E-state index in [1.807, 2.05) is 24.1 Å². The zero-order valence-electron chi connectivity index (χ0n) is 15.1. The van der Waals surface area contributed by atoms with E-state index in [0.29, 0.717) is 19.0 Å². The molecular formula is C19H24N4O3. The molecule has 26 heavy (non-hydrogen) atoms. The van der Waals surface area contributed by atoms with Gasteiger partial charge < -0.3 is 19.2 Å². The maximum Gasteiger partial charge on any atom is 0.226 e. The van der Waals surface area contributed by atoms with Crippen molar-refractivity contribution in [2.24, 2.45) is 11.8 Å². The third kappa shape index (κ3) is 3.25. The second-order valence-corrected chi connectivity index (χ2v) is 7.34. The summed E-state index contributed by atoms with van der Waals surface area (Å²) in [4.78, 5) is 31.3. The number of hydrogen-bond acceptors (Lipinski definition) is 4. The highest BCUT2D eigenvalue weighted by Crippen LogP contribution is 2.41. The minimum Gasteiger partial charge on any atom is -0.467 e. The number of amides is 2. The molecule has 0 saturated heterocycles. The van der Waals surface area contributed by atoms with Crippen LogP contribution in [0.4, 0.5) is 0 Å². The number of furan rings is 1. The van der Waals surface area contributed by atoms with Crippen LogP contribution in [-0.4, -0.2) is 32.8 Å². The second-order valence-electron chi connectivity index (χ2n) is 7.34. The zero-order valence-corrected chi connectivity index (χ0v) is 15.1. The van der Waals surface area contributed by atoms with Crippen LogP contribution in [0.3, 0.4) is 0 Å². The molecule has 4 rings (SSSR count). The van der Waals surface area contributed by atoms with E-state index in [0.717, 1.165) is 30.2 Å². The molecular weight excluding hydrogens is 332 g/mol. The summed E-state index contributed by atoms with van der Waals surface area (Å²) in [6.07, 6.45) is 4.74. The number of imidazole rings is 1. The van der Waals surface area contributed by atoms with E-state index in [9.17, 15) is 9.59 Å². The number of carbonyl (C=O) groups is 2. The third-order valence-corrected chi connectivity index (χ3v) is 5.37. The molecule has 2 aliphatic rings. The summed E-state index contributed by atoms with van der Waals surface area (Å²) in [5.74, 6) is 2.43. The lowest BCUT2D eigenvalue weighted by molar-refractivity contribution is -0.136. The summed E-state index contributed by atoms with van der Waals surface area (Å²) in [6.45, 7) is 5.95. The number of carbonyl (C=O) groups excluding carboxylic acids is 2. The first-order valence-corrected chi connectivity index (χ1v) is 9.18. The molecule has 3 atom stereocenters. The van der Waals surface area contributed by atoms with Crippen molar-refractivity contribution < 1.29 is 14.0 Å². The lowest BCUT2D eigenvalue weighted by Crippen LogP contribution is -2.42. The highest BCUT2D eigenvalue weighted by molar-refractivity contribution is 5.82. The summed E-state index contributed by atoms with van der Waals surface area (Å²) in [6, 6.07) is 3.56. The lowest BCUT2D eigenvalue weighted by atomic mass is 10.1. The fourth-order valence-corrected chi connectivity index (χ4v) is 3.64. The Kier molecular flexibility index (Phi) is 4.30. The van der Waals surface area contributed by atoms with E-state index in [2.05, 4.69) is 21.8 Å². The van der Waals surface area contributed by atoms with Crippen molar-refractivity contribution >= 4 is 11.8 Å². The van der Waals surface area contributed by atoms with Gasteiger partial charge in [0.05, 0.1) is 31.0 Å². The molecule has 1 fully saturated rings. The van der Waals surface area contributed by atoms with Crippen molar-refractivity contribution in [2.75, 3.05) is 6.54 Å². The van der Waals surface area contributed by atoms with Gasteiger partial charge in [0.2, 0.25) is 11.8 Å². The predicted molar refractivity (Wildman–Crippen MR) is 93.9 cm³/mol. The van der Waals surface area contributed by atoms with Gasteiger partial charge in [0.1, 0.15) is 11.6 Å². The van der Waals surface area contributed by atoms with E-state index in [-0.39, 0.29) is 30.2 Å². The molecule has 1 N–H and O–H groups in total. The van der Waals surface area contributed by atoms with Crippen LogP contribution in [-0.2, 0) is 29.1 Å². The Hall–Kier alpha value is -2.57. The number of aromatic nitrogens is 2. The Labute approximate surface area is 152 Å². The first-order chi connectivity index (χ1) is 12.5. The SMILES string of the molecule is C[C@@H]1C[C@@H]1C(=O)N1CCn2cc(CC(=O)NCc3ccco3)nc2[C@H]1C.